The Balaban J connectivity index is 2.27. The molecule has 96 valence electrons. The Labute approximate surface area is 118 Å². The van der Waals surface area contributed by atoms with E-state index < -0.39 is 0 Å². The molecule has 4 nitrogen and oxygen atoms in total. The lowest BCUT2D eigenvalue weighted by Gasteiger charge is -2.10. The summed E-state index contributed by atoms with van der Waals surface area (Å²) in [5, 5.41) is 8.36. The van der Waals surface area contributed by atoms with E-state index in [1.165, 1.54) is 17.3 Å². The number of rotatable bonds is 4. The minimum absolute atomic E-state index is 0.120. The molecule has 0 aliphatic carbocycles. The number of aryl methyl sites for hydroxylation is 1. The van der Waals surface area contributed by atoms with Gasteiger partial charge in [0.05, 0.1) is 0 Å². The first-order valence-electron chi connectivity index (χ1n) is 5.56. The number of aromatic nitrogens is 2. The van der Waals surface area contributed by atoms with Crippen LogP contribution in [0.3, 0.4) is 0 Å². The van der Waals surface area contributed by atoms with Crippen LogP contribution in [0, 0.1) is 6.92 Å². The molecular weight excluding hydrogens is 314 g/mol. The molecular formula is C12H14BrN3OS. The van der Waals surface area contributed by atoms with Crippen molar-refractivity contribution in [3.8, 4) is 0 Å². The second kappa shape index (κ2) is 5.86. The standard InChI is InChI=1S/C12H14BrN3OS/c1-7(14)5-9-3-4-10(13)6-11(9)18-12-16-15-8(2)17-12/h3-4,6-7H,5,14H2,1-2H3. The highest BCUT2D eigenvalue weighted by Crippen LogP contribution is 2.32. The molecule has 1 atom stereocenters. The van der Waals surface area contributed by atoms with E-state index in [2.05, 4.69) is 32.2 Å². The van der Waals surface area contributed by atoms with Crippen LogP contribution in [0.15, 0.2) is 37.2 Å². The average Bonchev–Trinajstić information content (AvgIpc) is 2.67. The molecule has 0 aliphatic rings. The van der Waals surface area contributed by atoms with Gasteiger partial charge in [0, 0.05) is 22.3 Å². The van der Waals surface area contributed by atoms with Gasteiger partial charge in [-0.25, -0.2) is 0 Å². The minimum Gasteiger partial charge on any atom is -0.416 e. The number of halogens is 1. The smallest absolute Gasteiger partial charge is 0.281 e. The summed E-state index contributed by atoms with van der Waals surface area (Å²) in [6, 6.07) is 6.25. The lowest BCUT2D eigenvalue weighted by Crippen LogP contribution is -2.18. The second-order valence-electron chi connectivity index (χ2n) is 4.12. The fourth-order valence-corrected chi connectivity index (χ4v) is 2.97. The highest BCUT2D eigenvalue weighted by Gasteiger charge is 2.11. The van der Waals surface area contributed by atoms with Crippen LogP contribution in [0.1, 0.15) is 18.4 Å². The summed E-state index contributed by atoms with van der Waals surface area (Å²) in [5.41, 5.74) is 7.05. The number of hydrogen-bond donors (Lipinski definition) is 1. The summed E-state index contributed by atoms with van der Waals surface area (Å²) < 4.78 is 6.40. The molecule has 2 rings (SSSR count). The highest BCUT2D eigenvalue weighted by molar-refractivity contribution is 9.10. The Morgan fingerprint density at radius 2 is 2.22 bits per heavy atom. The molecule has 1 aromatic heterocycles. The van der Waals surface area contributed by atoms with Crippen LogP contribution < -0.4 is 5.73 Å². The Bertz CT molecular complexity index is 542. The van der Waals surface area contributed by atoms with Gasteiger partial charge in [-0.1, -0.05) is 22.0 Å². The van der Waals surface area contributed by atoms with Gasteiger partial charge in [-0.2, -0.15) is 0 Å². The molecule has 0 fully saturated rings. The summed E-state index contributed by atoms with van der Waals surface area (Å²) in [4.78, 5) is 1.09. The van der Waals surface area contributed by atoms with Gasteiger partial charge in [-0.05, 0) is 42.8 Å². The maximum Gasteiger partial charge on any atom is 0.281 e. The van der Waals surface area contributed by atoms with Crippen LogP contribution in [0.25, 0.3) is 0 Å². The van der Waals surface area contributed by atoms with Crippen LogP contribution in [-0.2, 0) is 6.42 Å². The Hall–Kier alpha value is -0.850. The van der Waals surface area contributed by atoms with E-state index in [4.69, 9.17) is 10.2 Å². The van der Waals surface area contributed by atoms with Crippen LogP contribution >= 0.6 is 27.7 Å². The predicted octanol–water partition coefficient (Wildman–Crippen LogP) is 3.18. The third-order valence-corrected chi connectivity index (χ3v) is 3.71. The molecule has 0 bridgehead atoms. The highest BCUT2D eigenvalue weighted by atomic mass is 79.9. The molecule has 2 aromatic rings. The van der Waals surface area contributed by atoms with Gasteiger partial charge in [-0.15, -0.1) is 10.2 Å². The van der Waals surface area contributed by atoms with Gasteiger partial charge in [0.2, 0.25) is 5.89 Å². The van der Waals surface area contributed by atoms with Gasteiger partial charge in [0.1, 0.15) is 0 Å². The molecule has 0 spiro atoms. The number of benzene rings is 1. The molecule has 6 heteroatoms. The maximum atomic E-state index is 5.86. The fraction of sp³-hybridized carbons (Fsp3) is 0.333. The Kier molecular flexibility index (Phi) is 4.42. The van der Waals surface area contributed by atoms with Crippen molar-refractivity contribution in [2.45, 2.75) is 36.4 Å². The van der Waals surface area contributed by atoms with Crippen molar-refractivity contribution >= 4 is 27.7 Å². The summed E-state index contributed by atoms with van der Waals surface area (Å²) >= 11 is 4.94. The van der Waals surface area contributed by atoms with Gasteiger partial charge < -0.3 is 10.2 Å². The topological polar surface area (TPSA) is 64.9 Å². The number of nitrogens with zero attached hydrogens (tertiary/aromatic N) is 2. The van der Waals surface area contributed by atoms with Gasteiger partial charge in [-0.3, -0.25) is 0 Å². The number of nitrogens with two attached hydrogens (primary N) is 1. The van der Waals surface area contributed by atoms with Crippen molar-refractivity contribution in [1.29, 1.82) is 0 Å². The molecule has 0 aliphatic heterocycles. The fourth-order valence-electron chi connectivity index (χ4n) is 1.55. The van der Waals surface area contributed by atoms with Crippen molar-refractivity contribution in [3.05, 3.63) is 34.1 Å². The zero-order valence-electron chi connectivity index (χ0n) is 10.2. The monoisotopic (exact) mass is 327 g/mol. The van der Waals surface area contributed by atoms with Crippen LogP contribution in [-0.4, -0.2) is 16.2 Å². The van der Waals surface area contributed by atoms with Gasteiger partial charge in [0.25, 0.3) is 5.22 Å². The average molecular weight is 328 g/mol. The lowest BCUT2D eigenvalue weighted by atomic mass is 10.1. The molecule has 0 saturated heterocycles. The van der Waals surface area contributed by atoms with Crippen LogP contribution in [0.5, 0.6) is 0 Å². The van der Waals surface area contributed by atoms with Crippen molar-refractivity contribution in [2.75, 3.05) is 0 Å². The van der Waals surface area contributed by atoms with Crippen LogP contribution in [0.4, 0.5) is 0 Å². The normalized spacial score (nSPS) is 12.7. The summed E-state index contributed by atoms with van der Waals surface area (Å²) in [7, 11) is 0. The molecule has 1 unspecified atom stereocenters. The summed E-state index contributed by atoms with van der Waals surface area (Å²) in [5.74, 6) is 0.571. The Morgan fingerprint density at radius 3 is 2.83 bits per heavy atom. The van der Waals surface area contributed by atoms with Crippen molar-refractivity contribution < 1.29 is 4.42 Å². The summed E-state index contributed by atoms with van der Waals surface area (Å²) in [6.45, 7) is 3.77. The first kappa shape index (κ1) is 13.6. The molecule has 18 heavy (non-hydrogen) atoms. The Morgan fingerprint density at radius 1 is 1.44 bits per heavy atom. The van der Waals surface area contributed by atoms with E-state index in [0.29, 0.717) is 11.1 Å². The third kappa shape index (κ3) is 3.57. The molecule has 1 heterocycles. The summed E-state index contributed by atoms with van der Waals surface area (Å²) in [6.07, 6.45) is 0.822. The molecule has 0 amide bonds. The van der Waals surface area contributed by atoms with E-state index in [1.807, 2.05) is 19.1 Å². The maximum absolute atomic E-state index is 5.86. The largest absolute Gasteiger partial charge is 0.416 e. The van der Waals surface area contributed by atoms with Crippen molar-refractivity contribution in [1.82, 2.24) is 10.2 Å². The molecule has 2 N–H and O–H groups in total. The lowest BCUT2D eigenvalue weighted by molar-refractivity contribution is 0.429. The zero-order chi connectivity index (χ0) is 13.1. The van der Waals surface area contributed by atoms with Gasteiger partial charge >= 0.3 is 0 Å². The quantitative estimate of drug-likeness (QED) is 0.934. The molecule has 0 saturated carbocycles. The predicted molar refractivity (Wildman–Crippen MR) is 74.7 cm³/mol. The minimum atomic E-state index is 0.120. The third-order valence-electron chi connectivity index (χ3n) is 2.28. The molecule has 1 aromatic carbocycles. The SMILES string of the molecule is Cc1nnc(Sc2cc(Br)ccc2CC(C)N)o1. The van der Waals surface area contributed by atoms with Crippen molar-refractivity contribution in [3.63, 3.8) is 0 Å². The first-order valence-corrected chi connectivity index (χ1v) is 7.17. The zero-order valence-corrected chi connectivity index (χ0v) is 12.6. The van der Waals surface area contributed by atoms with Gasteiger partial charge in [0.15, 0.2) is 0 Å². The van der Waals surface area contributed by atoms with Crippen molar-refractivity contribution in [2.24, 2.45) is 5.73 Å². The van der Waals surface area contributed by atoms with Crippen LogP contribution in [0.2, 0.25) is 0 Å². The van der Waals surface area contributed by atoms with E-state index in [0.717, 1.165) is 15.8 Å². The first-order chi connectivity index (χ1) is 8.54. The van der Waals surface area contributed by atoms with E-state index in [-0.39, 0.29) is 6.04 Å². The van der Waals surface area contributed by atoms with E-state index in [9.17, 15) is 0 Å². The number of hydrogen-bond acceptors (Lipinski definition) is 5. The van der Waals surface area contributed by atoms with E-state index >= 15 is 0 Å². The molecule has 0 radical (unpaired) electrons. The second-order valence-corrected chi connectivity index (χ2v) is 6.03. The van der Waals surface area contributed by atoms with E-state index in [1.54, 1.807) is 6.92 Å².